The standard InChI is InChI=1S/C73H129N2O7P/c1-7-10-13-16-19-22-25-28-30-32-34-35-36-37-38-39-41-42-44-47-50-53-56-59-62-65-72(76)74-70(69-81-83(78,79)80-68-67-75(4,5)6)71(64-61-58-55-52-49-46-27-24-21-18-15-12-9-3)82-73(77)66-63-60-57-54-51-48-45-43-40-33-31-29-26-23-20-17-14-11-8-2/h11,14,19-20,22-23,28-31,34-35,40,43,48,51,61,64,70-71H,7-10,12-13,15-18,21,24-27,32-33,36-39,41-42,44-47,49-50,52-60,62-63,65-69H2,1-6H3,(H-,74,76,78,79)/b14-11-,22-19-,23-20-,30-28-,31-29-,35-34-,43-40-,51-48-,64-61-. The van der Waals surface area contributed by atoms with Gasteiger partial charge in [-0.3, -0.25) is 14.2 Å². The topological polar surface area (TPSA) is 114 Å². The molecule has 0 aromatic heterocycles. The minimum atomic E-state index is -4.72. The van der Waals surface area contributed by atoms with Crippen LogP contribution in [0, 0.1) is 0 Å². The number of esters is 1. The number of ether oxygens (including phenoxy) is 1. The van der Waals surface area contributed by atoms with Crippen LogP contribution in [0.1, 0.15) is 290 Å². The van der Waals surface area contributed by atoms with Gasteiger partial charge in [-0.1, -0.05) is 272 Å². The molecular weight excluding hydrogens is 1050 g/mol. The lowest BCUT2D eigenvalue weighted by Gasteiger charge is -2.30. The van der Waals surface area contributed by atoms with Gasteiger partial charge in [-0.15, -0.1) is 0 Å². The molecule has 0 bridgehead atoms. The summed E-state index contributed by atoms with van der Waals surface area (Å²) in [4.78, 5) is 40.1. The number of amides is 1. The van der Waals surface area contributed by atoms with E-state index in [4.69, 9.17) is 13.8 Å². The van der Waals surface area contributed by atoms with Gasteiger partial charge >= 0.3 is 5.97 Å². The molecule has 10 heteroatoms. The quantitative estimate of drug-likeness (QED) is 0.0212. The van der Waals surface area contributed by atoms with Gasteiger partial charge < -0.3 is 28.5 Å². The van der Waals surface area contributed by atoms with Gasteiger partial charge in [-0.25, -0.2) is 0 Å². The molecular formula is C73H129N2O7P. The largest absolute Gasteiger partial charge is 0.756 e. The number of carbonyl (C=O) groups is 2. The lowest BCUT2D eigenvalue weighted by molar-refractivity contribution is -0.870. The fourth-order valence-corrected chi connectivity index (χ4v) is 10.2. The molecule has 0 rings (SSSR count). The van der Waals surface area contributed by atoms with Crippen molar-refractivity contribution in [3.05, 3.63) is 109 Å². The predicted octanol–water partition coefficient (Wildman–Crippen LogP) is 21.0. The van der Waals surface area contributed by atoms with Crippen molar-refractivity contribution in [3.63, 3.8) is 0 Å². The molecule has 1 N–H and O–H groups in total. The van der Waals surface area contributed by atoms with Crippen LogP contribution in [0.5, 0.6) is 0 Å². The SMILES string of the molecule is CC/C=C\C/C=C\C/C=C\C/C=C\C/C=C\CCCCCC(=O)OC(/C=C\CCCCCCCCCCCCC)C(COP(=O)([O-])OCC[N+](C)(C)C)NC(=O)CCCCCCCCCCCCCC/C=C\C/C=C\C/C=C\CCCCC. The molecule has 83 heavy (non-hydrogen) atoms. The van der Waals surface area contributed by atoms with Gasteiger partial charge in [0, 0.05) is 12.8 Å². The lowest BCUT2D eigenvalue weighted by atomic mass is 10.0. The molecule has 0 aromatic carbocycles. The minimum absolute atomic E-state index is 0.0329. The zero-order valence-corrected chi connectivity index (χ0v) is 55.5. The summed E-state index contributed by atoms with van der Waals surface area (Å²) in [6.07, 6.45) is 84.9. The number of hydrogen-bond donors (Lipinski definition) is 1. The van der Waals surface area contributed by atoms with Crippen LogP contribution in [0.2, 0.25) is 0 Å². The van der Waals surface area contributed by atoms with E-state index in [1.165, 1.54) is 141 Å². The first-order valence-corrected chi connectivity index (χ1v) is 35.7. The molecule has 0 saturated heterocycles. The molecule has 0 saturated carbocycles. The molecule has 478 valence electrons. The number of likely N-dealkylation sites (N-methyl/N-ethyl adjacent to an activating group) is 1. The van der Waals surface area contributed by atoms with Crippen molar-refractivity contribution < 1.29 is 37.3 Å². The molecule has 0 fully saturated rings. The average Bonchev–Trinajstić information content (AvgIpc) is 3.46. The molecule has 0 aliphatic heterocycles. The van der Waals surface area contributed by atoms with E-state index in [2.05, 4.69) is 123 Å². The summed E-state index contributed by atoms with van der Waals surface area (Å²) in [5.74, 6) is -0.581. The van der Waals surface area contributed by atoms with Crippen molar-refractivity contribution in [1.29, 1.82) is 0 Å². The van der Waals surface area contributed by atoms with Gasteiger partial charge in [0.15, 0.2) is 0 Å². The summed E-state index contributed by atoms with van der Waals surface area (Å²) >= 11 is 0. The molecule has 0 aliphatic carbocycles. The highest BCUT2D eigenvalue weighted by atomic mass is 31.2. The summed E-state index contributed by atoms with van der Waals surface area (Å²) in [6.45, 7) is 6.69. The summed E-state index contributed by atoms with van der Waals surface area (Å²) in [7, 11) is 1.16. The Bertz CT molecular complexity index is 1790. The van der Waals surface area contributed by atoms with Crippen LogP contribution in [0.3, 0.4) is 0 Å². The molecule has 3 unspecified atom stereocenters. The second-order valence-electron chi connectivity index (χ2n) is 23.9. The van der Waals surface area contributed by atoms with Crippen molar-refractivity contribution in [1.82, 2.24) is 5.32 Å². The van der Waals surface area contributed by atoms with E-state index in [1.807, 2.05) is 33.3 Å². The third-order valence-corrected chi connectivity index (χ3v) is 15.7. The second-order valence-corrected chi connectivity index (χ2v) is 25.4. The van der Waals surface area contributed by atoms with Crippen LogP contribution >= 0.6 is 7.82 Å². The van der Waals surface area contributed by atoms with Crippen LogP contribution in [-0.4, -0.2) is 69.4 Å². The van der Waals surface area contributed by atoms with E-state index >= 15 is 0 Å². The number of carbonyl (C=O) groups excluding carboxylic acids is 2. The van der Waals surface area contributed by atoms with Gasteiger partial charge in [0.25, 0.3) is 7.82 Å². The number of rotatable bonds is 61. The first kappa shape index (κ1) is 79.7. The maximum Gasteiger partial charge on any atom is 0.306 e. The number of nitrogens with zero attached hydrogens (tertiary/aromatic N) is 1. The maximum atomic E-state index is 13.6. The predicted molar refractivity (Wildman–Crippen MR) is 357 cm³/mol. The number of unbranched alkanes of at least 4 members (excludes halogenated alkanes) is 29. The van der Waals surface area contributed by atoms with Crippen molar-refractivity contribution in [3.8, 4) is 0 Å². The van der Waals surface area contributed by atoms with Crippen molar-refractivity contribution >= 4 is 19.7 Å². The van der Waals surface area contributed by atoms with Gasteiger partial charge in [0.05, 0.1) is 33.8 Å². The Hall–Kier alpha value is -3.33. The molecule has 0 aliphatic rings. The van der Waals surface area contributed by atoms with E-state index in [9.17, 15) is 19.0 Å². The Morgan fingerprint density at radius 3 is 1.19 bits per heavy atom. The van der Waals surface area contributed by atoms with E-state index in [-0.39, 0.29) is 24.9 Å². The average molecular weight is 1180 g/mol. The number of nitrogens with one attached hydrogen (secondary N) is 1. The van der Waals surface area contributed by atoms with Crippen LogP contribution in [0.4, 0.5) is 0 Å². The normalized spacial score (nSPS) is 14.3. The Labute approximate surface area is 512 Å². The number of hydrogen-bond acceptors (Lipinski definition) is 7. The van der Waals surface area contributed by atoms with E-state index in [0.29, 0.717) is 23.9 Å². The number of phosphoric ester groups is 1. The molecule has 3 atom stereocenters. The van der Waals surface area contributed by atoms with E-state index in [1.54, 1.807) is 0 Å². The highest BCUT2D eigenvalue weighted by Gasteiger charge is 2.27. The molecule has 1 amide bonds. The van der Waals surface area contributed by atoms with Crippen molar-refractivity contribution in [2.75, 3.05) is 40.9 Å². The number of quaternary nitrogens is 1. The lowest BCUT2D eigenvalue weighted by Crippen LogP contribution is -2.47. The smallest absolute Gasteiger partial charge is 0.306 e. The summed E-state index contributed by atoms with van der Waals surface area (Å²) in [5, 5.41) is 3.03. The van der Waals surface area contributed by atoms with Crippen molar-refractivity contribution in [2.24, 2.45) is 0 Å². The molecule has 0 heterocycles. The summed E-state index contributed by atoms with van der Waals surface area (Å²) < 4.78 is 30.4. The van der Waals surface area contributed by atoms with Crippen molar-refractivity contribution in [2.45, 2.75) is 303 Å². The molecule has 9 nitrogen and oxygen atoms in total. The third kappa shape index (κ3) is 63.0. The highest BCUT2D eigenvalue weighted by molar-refractivity contribution is 7.45. The fraction of sp³-hybridized carbons (Fsp3) is 0.726. The summed E-state index contributed by atoms with van der Waals surface area (Å²) in [5.41, 5.74) is 0. The van der Waals surface area contributed by atoms with Gasteiger partial charge in [-0.2, -0.15) is 0 Å². The second kappa shape index (κ2) is 61.7. The van der Waals surface area contributed by atoms with Crippen LogP contribution in [0.25, 0.3) is 0 Å². The molecule has 0 aromatic rings. The van der Waals surface area contributed by atoms with Gasteiger partial charge in [0.1, 0.15) is 19.3 Å². The van der Waals surface area contributed by atoms with Crippen LogP contribution in [-0.2, 0) is 27.9 Å². The maximum absolute atomic E-state index is 13.6. The van der Waals surface area contributed by atoms with Gasteiger partial charge in [0.2, 0.25) is 5.91 Å². The first-order valence-electron chi connectivity index (χ1n) is 34.2. The minimum Gasteiger partial charge on any atom is -0.756 e. The summed E-state index contributed by atoms with van der Waals surface area (Å²) in [6, 6.07) is -0.911. The Balaban J connectivity index is 5.20. The number of allylic oxidation sites excluding steroid dienone is 17. The first-order chi connectivity index (χ1) is 40.4. The molecule has 0 spiro atoms. The van der Waals surface area contributed by atoms with E-state index in [0.717, 1.165) is 109 Å². The molecule has 0 radical (unpaired) electrons. The zero-order chi connectivity index (χ0) is 60.7. The highest BCUT2D eigenvalue weighted by Crippen LogP contribution is 2.38. The van der Waals surface area contributed by atoms with Gasteiger partial charge in [-0.05, 0) is 115 Å². The number of phosphoric acid groups is 1. The van der Waals surface area contributed by atoms with Crippen LogP contribution in [0.15, 0.2) is 109 Å². The fourth-order valence-electron chi connectivity index (χ4n) is 9.44. The Morgan fingerprint density at radius 2 is 0.771 bits per heavy atom. The zero-order valence-electron chi connectivity index (χ0n) is 54.6. The Kier molecular flexibility index (Phi) is 59.3. The third-order valence-electron chi connectivity index (χ3n) is 14.7. The monoisotopic (exact) mass is 1180 g/mol. The van der Waals surface area contributed by atoms with Crippen LogP contribution < -0.4 is 10.2 Å². The Morgan fingerprint density at radius 1 is 0.434 bits per heavy atom. The van der Waals surface area contributed by atoms with E-state index < -0.39 is 26.6 Å².